The summed E-state index contributed by atoms with van der Waals surface area (Å²) in [5, 5.41) is 10.8. The Bertz CT molecular complexity index is 1060. The number of hydrogen-bond donors (Lipinski definition) is 2. The van der Waals surface area contributed by atoms with Gasteiger partial charge in [-0.3, -0.25) is 14.4 Å². The Morgan fingerprint density at radius 3 is 2.85 bits per heavy atom. The average molecular weight is 401 g/mol. The maximum atomic E-state index is 12.9. The number of aliphatic carboxylic acids is 1. The summed E-state index contributed by atoms with van der Waals surface area (Å²) in [7, 11) is 0. The largest absolute Gasteiger partial charge is 0.481 e. The number of benzene rings is 1. The van der Waals surface area contributed by atoms with E-state index in [2.05, 4.69) is 4.98 Å². The minimum Gasteiger partial charge on any atom is -0.481 e. The number of para-hydroxylation sites is 1. The molecule has 6 rings (SSSR count). The van der Waals surface area contributed by atoms with Crippen molar-refractivity contribution in [1.29, 1.82) is 0 Å². The maximum Gasteiger partial charge on any atom is 0.315 e. The monoisotopic (exact) mass is 401 g/mol. The van der Waals surface area contributed by atoms with Gasteiger partial charge in [-0.05, 0) is 30.2 Å². The number of esters is 1. The Kier molecular flexibility index (Phi) is 3.11. The predicted molar refractivity (Wildman–Crippen MR) is 98.2 cm³/mol. The third-order valence-electron chi connectivity index (χ3n) is 6.73. The van der Waals surface area contributed by atoms with Gasteiger partial charge in [0, 0.05) is 21.6 Å². The molecule has 7 atom stereocenters. The van der Waals surface area contributed by atoms with Crippen LogP contribution in [0, 0.1) is 29.6 Å². The highest BCUT2D eigenvalue weighted by Gasteiger charge is 2.67. The summed E-state index contributed by atoms with van der Waals surface area (Å²) in [6, 6.07) is 7.47. The van der Waals surface area contributed by atoms with E-state index in [1.807, 2.05) is 18.2 Å². The van der Waals surface area contributed by atoms with E-state index in [0.29, 0.717) is 5.75 Å². The van der Waals surface area contributed by atoms with Crippen molar-refractivity contribution < 1.29 is 19.4 Å². The number of H-pyrrole nitrogens is 1. The van der Waals surface area contributed by atoms with Crippen LogP contribution in [0.3, 0.4) is 0 Å². The molecule has 138 valence electrons. The number of rotatable bonds is 1. The quantitative estimate of drug-likeness (QED) is 0.563. The summed E-state index contributed by atoms with van der Waals surface area (Å²) in [6.07, 6.45) is 0.733. The van der Waals surface area contributed by atoms with E-state index in [9.17, 15) is 19.5 Å². The van der Waals surface area contributed by atoms with Gasteiger partial charge in [0.25, 0.3) is 0 Å². The highest BCUT2D eigenvalue weighted by Crippen LogP contribution is 2.68. The van der Waals surface area contributed by atoms with E-state index < -0.39 is 23.8 Å². The van der Waals surface area contributed by atoms with Crippen LogP contribution in [0.15, 0.2) is 34.1 Å². The third-order valence-corrected chi connectivity index (χ3v) is 9.32. The number of fused-ring (bicyclic) bond motifs is 6. The molecule has 0 amide bonds. The first-order chi connectivity index (χ1) is 13.0. The van der Waals surface area contributed by atoms with E-state index in [-0.39, 0.29) is 33.8 Å². The number of hydrogen-bond acceptors (Lipinski definition) is 6. The number of carbonyl (C=O) groups is 2. The van der Waals surface area contributed by atoms with Crippen LogP contribution >= 0.6 is 23.1 Å². The average Bonchev–Trinajstić information content (AvgIpc) is 3.29. The molecule has 1 aromatic heterocycles. The van der Waals surface area contributed by atoms with Crippen molar-refractivity contribution in [3.63, 3.8) is 0 Å². The van der Waals surface area contributed by atoms with E-state index >= 15 is 0 Å². The zero-order valence-electron chi connectivity index (χ0n) is 14.0. The SMILES string of the molecule is O=C(O)[C@@H]1[C@H]2C[C@H]3[C@@H]1C(=O)Oc1ccccc1[C@@H]1c4sc(=O)[nH]c4S[C@@H]2[C@H]13. The standard InChI is InChI=1S/C19H15NO5S2/c21-17(22)12-8-5-7-11-10(15-16(26-14(8)11)20-19(24)27-15)6-3-1-2-4-9(6)25-18(23)13(7)12/h1-4,7-8,10-14H,5H2,(H,20,24)(H,21,22)/t7-,8-,10+,11+,12-,13+,14+/m1/s1. The normalized spacial score (nSPS) is 37.8. The third kappa shape index (κ3) is 1.95. The van der Waals surface area contributed by atoms with Crippen molar-refractivity contribution in [3.05, 3.63) is 44.4 Å². The van der Waals surface area contributed by atoms with Gasteiger partial charge in [0.15, 0.2) is 0 Å². The molecule has 27 heavy (non-hydrogen) atoms. The zero-order valence-corrected chi connectivity index (χ0v) is 15.6. The van der Waals surface area contributed by atoms with Crippen molar-refractivity contribution >= 4 is 35.0 Å². The van der Waals surface area contributed by atoms with Gasteiger partial charge in [0.1, 0.15) is 5.75 Å². The van der Waals surface area contributed by atoms with Crippen LogP contribution in [0.25, 0.3) is 0 Å². The van der Waals surface area contributed by atoms with Crippen molar-refractivity contribution in [2.75, 3.05) is 0 Å². The number of aromatic amines is 1. The van der Waals surface area contributed by atoms with Crippen LogP contribution in [-0.4, -0.2) is 27.3 Å². The molecule has 4 aliphatic rings. The first-order valence-corrected chi connectivity index (χ1v) is 10.7. The highest BCUT2D eigenvalue weighted by molar-refractivity contribution is 8.00. The smallest absolute Gasteiger partial charge is 0.315 e. The Hall–Kier alpha value is -2.06. The Labute approximate surface area is 161 Å². The van der Waals surface area contributed by atoms with E-state index in [1.165, 1.54) is 11.3 Å². The first-order valence-electron chi connectivity index (χ1n) is 8.97. The van der Waals surface area contributed by atoms with Gasteiger partial charge in [0.05, 0.1) is 16.9 Å². The summed E-state index contributed by atoms with van der Waals surface area (Å²) < 4.78 is 5.72. The van der Waals surface area contributed by atoms with Crippen molar-refractivity contribution in [1.82, 2.24) is 4.98 Å². The van der Waals surface area contributed by atoms with Gasteiger partial charge >= 0.3 is 16.8 Å². The van der Waals surface area contributed by atoms with Gasteiger partial charge < -0.3 is 14.8 Å². The number of carbonyl (C=O) groups excluding carboxylic acids is 1. The van der Waals surface area contributed by atoms with E-state index in [0.717, 1.165) is 21.9 Å². The van der Waals surface area contributed by atoms with Gasteiger partial charge in [-0.15, -0.1) is 11.8 Å². The number of thiazole rings is 1. The highest BCUT2D eigenvalue weighted by atomic mass is 32.2. The topological polar surface area (TPSA) is 96.5 Å². The molecule has 0 unspecified atom stereocenters. The lowest BCUT2D eigenvalue weighted by molar-refractivity contribution is -0.156. The number of ether oxygens (including phenoxy) is 1. The van der Waals surface area contributed by atoms with Gasteiger partial charge in [-0.2, -0.15) is 0 Å². The second kappa shape index (κ2) is 5.26. The molecule has 3 heterocycles. The zero-order chi connectivity index (χ0) is 18.4. The molecule has 2 fully saturated rings. The minimum absolute atomic E-state index is 0.0233. The predicted octanol–water partition coefficient (Wildman–Crippen LogP) is 2.54. The van der Waals surface area contributed by atoms with Gasteiger partial charge in [-0.25, -0.2) is 0 Å². The fourth-order valence-corrected chi connectivity index (χ4v) is 8.83. The molecule has 6 nitrogen and oxygen atoms in total. The molecule has 2 bridgehead atoms. The first kappa shape index (κ1) is 15.9. The second-order valence-electron chi connectivity index (χ2n) is 7.76. The molecular weight excluding hydrogens is 386 g/mol. The molecule has 2 N–H and O–H groups in total. The Morgan fingerprint density at radius 1 is 1.22 bits per heavy atom. The van der Waals surface area contributed by atoms with Crippen LogP contribution in [-0.2, 0) is 9.59 Å². The molecule has 2 saturated carbocycles. The molecule has 0 saturated heterocycles. The van der Waals surface area contributed by atoms with Crippen molar-refractivity contribution in [3.8, 4) is 5.75 Å². The van der Waals surface area contributed by atoms with Crippen LogP contribution in [0.5, 0.6) is 5.75 Å². The summed E-state index contributed by atoms with van der Waals surface area (Å²) >= 11 is 2.83. The molecule has 0 spiro atoms. The minimum atomic E-state index is -0.918. The van der Waals surface area contributed by atoms with Crippen molar-refractivity contribution in [2.45, 2.75) is 22.6 Å². The summed E-state index contributed by atoms with van der Waals surface area (Å²) in [6.45, 7) is 0. The molecule has 1 aromatic carbocycles. The second-order valence-corrected chi connectivity index (χ2v) is 9.96. The summed E-state index contributed by atoms with van der Waals surface area (Å²) in [5.74, 6) is -2.16. The number of aromatic nitrogens is 1. The van der Waals surface area contributed by atoms with E-state index in [1.54, 1.807) is 17.8 Å². The van der Waals surface area contributed by atoms with Crippen LogP contribution in [0.1, 0.15) is 22.8 Å². The number of thioether (sulfide) groups is 1. The molecule has 2 aliphatic carbocycles. The van der Waals surface area contributed by atoms with Crippen LogP contribution < -0.4 is 9.61 Å². The Balaban J connectivity index is 1.64. The molecule has 8 heteroatoms. The fraction of sp³-hybridized carbons (Fsp3) is 0.421. The molecule has 0 radical (unpaired) electrons. The molecule has 2 aliphatic heterocycles. The van der Waals surface area contributed by atoms with Gasteiger partial charge in [-0.1, -0.05) is 29.5 Å². The number of carboxylic acid groups (broad SMARTS) is 1. The number of nitrogens with one attached hydrogen (secondary N) is 1. The summed E-state index contributed by atoms with van der Waals surface area (Å²) in [5.41, 5.74) is 0.926. The van der Waals surface area contributed by atoms with E-state index in [4.69, 9.17) is 4.74 Å². The Morgan fingerprint density at radius 2 is 2.04 bits per heavy atom. The molecular formula is C19H15NO5S2. The lowest BCUT2D eigenvalue weighted by Crippen LogP contribution is -2.49. The molecule has 2 aromatic rings. The van der Waals surface area contributed by atoms with Crippen molar-refractivity contribution in [2.24, 2.45) is 29.6 Å². The fourth-order valence-electron chi connectivity index (χ4n) is 5.95. The van der Waals surface area contributed by atoms with Crippen LogP contribution in [0.4, 0.5) is 0 Å². The summed E-state index contributed by atoms with van der Waals surface area (Å²) in [4.78, 5) is 40.9. The van der Waals surface area contributed by atoms with Crippen LogP contribution in [0.2, 0.25) is 0 Å². The number of carboxylic acids is 1. The lowest BCUT2D eigenvalue weighted by Gasteiger charge is -2.45. The van der Waals surface area contributed by atoms with Gasteiger partial charge in [0.2, 0.25) is 0 Å². The maximum absolute atomic E-state index is 12.9. The lowest BCUT2D eigenvalue weighted by atomic mass is 9.66.